The number of hydrogen-bond acceptors (Lipinski definition) is 3. The van der Waals surface area contributed by atoms with Gasteiger partial charge in [-0.2, -0.15) is 0 Å². The van der Waals surface area contributed by atoms with Crippen LogP contribution < -0.4 is 5.32 Å². The van der Waals surface area contributed by atoms with Gasteiger partial charge in [0.15, 0.2) is 5.78 Å². The lowest BCUT2D eigenvalue weighted by Gasteiger charge is -2.16. The van der Waals surface area contributed by atoms with E-state index >= 15 is 0 Å². The first-order valence-electron chi connectivity index (χ1n) is 6.56. The number of aliphatic carboxylic acids is 1. The molecule has 0 saturated carbocycles. The standard InChI is InChI=1S/C14H20N2O4/c1-9(2)6-10(7-13(18)19)14(20)16-8-12(17)11-4-3-5-15-11/h3-5,9-10,15H,6-8H2,1-2H3,(H,16,20)(H,18,19)/t10-/m1/s1. The predicted molar refractivity (Wildman–Crippen MR) is 73.3 cm³/mol. The average Bonchev–Trinajstić information content (AvgIpc) is 2.87. The molecule has 0 fully saturated rings. The van der Waals surface area contributed by atoms with E-state index < -0.39 is 11.9 Å². The zero-order valence-electron chi connectivity index (χ0n) is 11.7. The molecule has 0 aliphatic rings. The SMILES string of the molecule is CC(C)C[C@H](CC(=O)O)C(=O)NCC(=O)c1ccc[nH]1. The minimum absolute atomic E-state index is 0.131. The molecule has 0 unspecified atom stereocenters. The number of rotatable bonds is 8. The number of hydrogen-bond donors (Lipinski definition) is 3. The van der Waals surface area contributed by atoms with Crippen molar-refractivity contribution in [2.75, 3.05) is 6.54 Å². The number of aromatic nitrogens is 1. The highest BCUT2D eigenvalue weighted by Gasteiger charge is 2.23. The molecule has 1 rings (SSSR count). The number of carboxylic acids is 1. The maximum atomic E-state index is 12.0. The molecule has 0 aromatic carbocycles. The summed E-state index contributed by atoms with van der Waals surface area (Å²) < 4.78 is 0. The minimum atomic E-state index is -1.01. The Labute approximate surface area is 117 Å². The topological polar surface area (TPSA) is 99.3 Å². The first-order valence-corrected chi connectivity index (χ1v) is 6.56. The van der Waals surface area contributed by atoms with Gasteiger partial charge >= 0.3 is 5.97 Å². The number of ketones is 1. The summed E-state index contributed by atoms with van der Waals surface area (Å²) in [4.78, 5) is 37.2. The van der Waals surface area contributed by atoms with Gasteiger partial charge in [-0.3, -0.25) is 14.4 Å². The van der Waals surface area contributed by atoms with E-state index in [-0.39, 0.29) is 30.6 Å². The number of H-pyrrole nitrogens is 1. The fourth-order valence-electron chi connectivity index (χ4n) is 1.97. The molecule has 20 heavy (non-hydrogen) atoms. The van der Waals surface area contributed by atoms with Crippen LogP contribution in [0.1, 0.15) is 37.2 Å². The second-order valence-electron chi connectivity index (χ2n) is 5.15. The zero-order valence-corrected chi connectivity index (χ0v) is 11.7. The zero-order chi connectivity index (χ0) is 15.1. The smallest absolute Gasteiger partial charge is 0.304 e. The third-order valence-electron chi connectivity index (χ3n) is 2.87. The first-order chi connectivity index (χ1) is 9.40. The largest absolute Gasteiger partial charge is 0.481 e. The molecule has 0 aliphatic carbocycles. The van der Waals surface area contributed by atoms with Crippen molar-refractivity contribution >= 4 is 17.7 Å². The van der Waals surface area contributed by atoms with Gasteiger partial charge in [0.05, 0.1) is 18.7 Å². The van der Waals surface area contributed by atoms with Crippen molar-refractivity contribution in [3.63, 3.8) is 0 Å². The quantitative estimate of drug-likeness (QED) is 0.627. The number of amides is 1. The third kappa shape index (κ3) is 5.26. The second-order valence-corrected chi connectivity index (χ2v) is 5.15. The monoisotopic (exact) mass is 280 g/mol. The number of carbonyl (C=O) groups is 3. The Hall–Kier alpha value is -2.11. The highest BCUT2D eigenvalue weighted by molar-refractivity contribution is 5.98. The lowest BCUT2D eigenvalue weighted by Crippen LogP contribution is -2.36. The molecular weight excluding hydrogens is 260 g/mol. The molecule has 0 aliphatic heterocycles. The molecule has 0 bridgehead atoms. The Balaban J connectivity index is 2.53. The van der Waals surface area contributed by atoms with Crippen molar-refractivity contribution in [1.82, 2.24) is 10.3 Å². The van der Waals surface area contributed by atoms with E-state index in [1.54, 1.807) is 18.3 Å². The molecule has 6 nitrogen and oxygen atoms in total. The fourth-order valence-corrected chi connectivity index (χ4v) is 1.97. The van der Waals surface area contributed by atoms with Crippen molar-refractivity contribution in [2.24, 2.45) is 11.8 Å². The van der Waals surface area contributed by atoms with Crippen molar-refractivity contribution in [1.29, 1.82) is 0 Å². The summed E-state index contributed by atoms with van der Waals surface area (Å²) in [5.74, 6) is -2.03. The molecule has 6 heteroatoms. The molecule has 0 radical (unpaired) electrons. The molecule has 1 aromatic heterocycles. The van der Waals surface area contributed by atoms with Crippen LogP contribution in [0.3, 0.4) is 0 Å². The van der Waals surface area contributed by atoms with Crippen molar-refractivity contribution in [2.45, 2.75) is 26.7 Å². The summed E-state index contributed by atoms with van der Waals surface area (Å²) in [6.07, 6.45) is 1.89. The minimum Gasteiger partial charge on any atom is -0.481 e. The van der Waals surface area contributed by atoms with E-state index in [4.69, 9.17) is 5.11 Å². The van der Waals surface area contributed by atoms with Crippen LogP contribution in [-0.2, 0) is 9.59 Å². The molecule has 0 spiro atoms. The van der Waals surface area contributed by atoms with Crippen LogP contribution in [0.2, 0.25) is 0 Å². The van der Waals surface area contributed by atoms with E-state index in [1.165, 1.54) is 0 Å². The molecule has 1 amide bonds. The van der Waals surface area contributed by atoms with Crippen LogP contribution in [0.4, 0.5) is 0 Å². The lowest BCUT2D eigenvalue weighted by molar-refractivity contribution is -0.141. The summed E-state index contributed by atoms with van der Waals surface area (Å²) in [7, 11) is 0. The Bertz CT molecular complexity index is 466. The van der Waals surface area contributed by atoms with Gasteiger partial charge in [0.25, 0.3) is 0 Å². The van der Waals surface area contributed by atoms with Gasteiger partial charge in [0.2, 0.25) is 5.91 Å². The fraction of sp³-hybridized carbons (Fsp3) is 0.500. The van der Waals surface area contributed by atoms with Gasteiger partial charge in [-0.15, -0.1) is 0 Å². The number of carboxylic acid groups (broad SMARTS) is 1. The number of nitrogens with one attached hydrogen (secondary N) is 2. The normalized spacial score (nSPS) is 12.2. The molecule has 1 heterocycles. The van der Waals surface area contributed by atoms with E-state index in [9.17, 15) is 14.4 Å². The summed E-state index contributed by atoms with van der Waals surface area (Å²) in [6.45, 7) is 3.71. The molecule has 0 saturated heterocycles. The van der Waals surface area contributed by atoms with E-state index in [0.29, 0.717) is 12.1 Å². The van der Waals surface area contributed by atoms with Gasteiger partial charge < -0.3 is 15.4 Å². The Morgan fingerprint density at radius 2 is 2.05 bits per heavy atom. The van der Waals surface area contributed by atoms with Gasteiger partial charge in [-0.05, 0) is 24.5 Å². The summed E-state index contributed by atoms with van der Waals surface area (Å²) in [5, 5.41) is 11.3. The van der Waals surface area contributed by atoms with Crippen LogP contribution in [0.5, 0.6) is 0 Å². The molecular formula is C14H20N2O4. The summed E-state index contributed by atoms with van der Waals surface area (Å²) in [6, 6.07) is 3.32. The number of aromatic amines is 1. The van der Waals surface area contributed by atoms with Gasteiger partial charge in [-0.1, -0.05) is 13.8 Å². The molecule has 1 atom stereocenters. The molecule has 3 N–H and O–H groups in total. The first kappa shape index (κ1) is 15.9. The predicted octanol–water partition coefficient (Wildman–Crippen LogP) is 1.45. The Morgan fingerprint density at radius 1 is 1.35 bits per heavy atom. The van der Waals surface area contributed by atoms with Crippen LogP contribution in [-0.4, -0.2) is 34.3 Å². The lowest BCUT2D eigenvalue weighted by atomic mass is 9.93. The van der Waals surface area contributed by atoms with E-state index in [2.05, 4.69) is 10.3 Å². The van der Waals surface area contributed by atoms with Gasteiger partial charge in [0, 0.05) is 12.1 Å². The van der Waals surface area contributed by atoms with E-state index in [0.717, 1.165) is 0 Å². The summed E-state index contributed by atoms with van der Waals surface area (Å²) in [5.41, 5.74) is 0.420. The molecule has 110 valence electrons. The highest BCUT2D eigenvalue weighted by Crippen LogP contribution is 2.15. The van der Waals surface area contributed by atoms with Crippen LogP contribution in [0.15, 0.2) is 18.3 Å². The van der Waals surface area contributed by atoms with Gasteiger partial charge in [-0.25, -0.2) is 0 Å². The summed E-state index contributed by atoms with van der Waals surface area (Å²) >= 11 is 0. The Morgan fingerprint density at radius 3 is 2.55 bits per heavy atom. The average molecular weight is 280 g/mol. The van der Waals surface area contributed by atoms with Crippen molar-refractivity contribution in [3.05, 3.63) is 24.0 Å². The number of Topliss-reactive ketones (excluding diaryl/α,β-unsaturated/α-hetero) is 1. The van der Waals surface area contributed by atoms with Crippen molar-refractivity contribution < 1.29 is 19.5 Å². The van der Waals surface area contributed by atoms with Crippen LogP contribution in [0, 0.1) is 11.8 Å². The maximum absolute atomic E-state index is 12.0. The highest BCUT2D eigenvalue weighted by atomic mass is 16.4. The van der Waals surface area contributed by atoms with Crippen LogP contribution >= 0.6 is 0 Å². The number of carbonyl (C=O) groups excluding carboxylic acids is 2. The Kier molecular flexibility index (Phi) is 5.96. The third-order valence-corrected chi connectivity index (χ3v) is 2.87. The van der Waals surface area contributed by atoms with Crippen molar-refractivity contribution in [3.8, 4) is 0 Å². The second kappa shape index (κ2) is 7.47. The van der Waals surface area contributed by atoms with Crippen LogP contribution in [0.25, 0.3) is 0 Å². The van der Waals surface area contributed by atoms with Gasteiger partial charge in [0.1, 0.15) is 0 Å². The maximum Gasteiger partial charge on any atom is 0.304 e. The molecule has 1 aromatic rings. The van der Waals surface area contributed by atoms with E-state index in [1.807, 2.05) is 13.8 Å².